The van der Waals surface area contributed by atoms with Crippen molar-refractivity contribution in [2.45, 2.75) is 42.9 Å². The Labute approximate surface area is 170 Å². The minimum atomic E-state index is -0.0912. The zero-order valence-corrected chi connectivity index (χ0v) is 17.2. The summed E-state index contributed by atoms with van der Waals surface area (Å²) in [7, 11) is 0. The Morgan fingerprint density at radius 1 is 1.11 bits per heavy atom. The van der Waals surface area contributed by atoms with Gasteiger partial charge in [-0.15, -0.1) is 0 Å². The number of ether oxygens (including phenoxy) is 2. The van der Waals surface area contributed by atoms with Gasteiger partial charge >= 0.3 is 0 Å². The van der Waals surface area contributed by atoms with Crippen molar-refractivity contribution in [2.24, 2.45) is 5.92 Å². The number of likely N-dealkylation sites (tertiary alicyclic amines) is 1. The van der Waals surface area contributed by atoms with Crippen LogP contribution in [0.25, 0.3) is 0 Å². The molecule has 3 heterocycles. The van der Waals surface area contributed by atoms with E-state index in [4.69, 9.17) is 9.47 Å². The number of rotatable bonds is 4. The molecule has 148 valence electrons. The summed E-state index contributed by atoms with van der Waals surface area (Å²) in [6, 6.07) is 10.1. The number of carbonyl (C=O) groups excluding carboxylic acids is 1. The quantitative estimate of drug-likeness (QED) is 0.777. The molecule has 2 saturated heterocycles. The summed E-state index contributed by atoms with van der Waals surface area (Å²) >= 11 is 1.55. The van der Waals surface area contributed by atoms with Crippen molar-refractivity contribution < 1.29 is 14.3 Å². The normalized spacial score (nSPS) is 18.6. The van der Waals surface area contributed by atoms with Crippen LogP contribution in [0.3, 0.4) is 0 Å². The van der Waals surface area contributed by atoms with E-state index in [0.717, 1.165) is 35.9 Å². The average molecular weight is 399 g/mol. The Kier molecular flexibility index (Phi) is 5.99. The van der Waals surface area contributed by atoms with E-state index < -0.39 is 0 Å². The molecule has 0 bridgehead atoms. The third kappa shape index (κ3) is 4.24. The Hall–Kier alpha value is -1.89. The number of pyridine rings is 1. The number of amides is 1. The summed E-state index contributed by atoms with van der Waals surface area (Å²) < 4.78 is 11.3. The lowest BCUT2D eigenvalue weighted by Crippen LogP contribution is -2.41. The van der Waals surface area contributed by atoms with Crippen LogP contribution >= 0.6 is 11.8 Å². The van der Waals surface area contributed by atoms with Crippen molar-refractivity contribution in [1.82, 2.24) is 9.88 Å². The van der Waals surface area contributed by atoms with Gasteiger partial charge in [0.25, 0.3) is 5.91 Å². The van der Waals surface area contributed by atoms with Gasteiger partial charge < -0.3 is 14.4 Å². The first-order valence-electron chi connectivity index (χ1n) is 9.84. The van der Waals surface area contributed by atoms with Crippen LogP contribution in [0.1, 0.15) is 34.3 Å². The molecule has 2 fully saturated rings. The van der Waals surface area contributed by atoms with E-state index in [1.54, 1.807) is 18.0 Å². The summed E-state index contributed by atoms with van der Waals surface area (Å²) in [5.41, 5.74) is 3.18. The molecule has 1 aromatic heterocycles. The Bertz CT molecular complexity index is 843. The van der Waals surface area contributed by atoms with Gasteiger partial charge in [0, 0.05) is 30.1 Å². The van der Waals surface area contributed by atoms with E-state index in [1.165, 1.54) is 11.1 Å². The van der Waals surface area contributed by atoms with Crippen molar-refractivity contribution >= 4 is 17.7 Å². The number of aryl methyl sites for hydroxylation is 2. The monoisotopic (exact) mass is 398 g/mol. The number of carbonyl (C=O) groups is 1. The fourth-order valence-corrected chi connectivity index (χ4v) is 4.69. The molecule has 5 nitrogen and oxygen atoms in total. The second-order valence-electron chi connectivity index (χ2n) is 7.44. The second kappa shape index (κ2) is 8.64. The highest BCUT2D eigenvalue weighted by Crippen LogP contribution is 2.32. The van der Waals surface area contributed by atoms with Crippen molar-refractivity contribution in [2.75, 3.05) is 26.3 Å². The SMILES string of the molecule is Cc1ccc(Sc2ncccc2C(=O)N2CCC(C3OCCO3)CC2)cc1C. The molecule has 0 atom stereocenters. The Morgan fingerprint density at radius 2 is 1.86 bits per heavy atom. The van der Waals surface area contributed by atoms with Crippen LogP contribution in [0.4, 0.5) is 0 Å². The van der Waals surface area contributed by atoms with Crippen LogP contribution in [0.5, 0.6) is 0 Å². The van der Waals surface area contributed by atoms with Gasteiger partial charge in [0.2, 0.25) is 0 Å². The van der Waals surface area contributed by atoms with Crippen molar-refractivity contribution in [3.05, 3.63) is 53.2 Å². The predicted octanol–water partition coefficient (Wildman–Crippen LogP) is 4.07. The highest BCUT2D eigenvalue weighted by Gasteiger charge is 2.32. The fourth-order valence-electron chi connectivity index (χ4n) is 3.72. The Balaban J connectivity index is 1.45. The molecule has 0 unspecified atom stereocenters. The smallest absolute Gasteiger partial charge is 0.256 e. The predicted molar refractivity (Wildman–Crippen MR) is 109 cm³/mol. The molecule has 1 amide bonds. The molecule has 2 aliphatic heterocycles. The number of benzene rings is 1. The highest BCUT2D eigenvalue weighted by molar-refractivity contribution is 7.99. The molecule has 0 spiro atoms. The van der Waals surface area contributed by atoms with Crippen LogP contribution in [0, 0.1) is 19.8 Å². The molecule has 28 heavy (non-hydrogen) atoms. The number of aromatic nitrogens is 1. The van der Waals surface area contributed by atoms with E-state index in [-0.39, 0.29) is 12.2 Å². The maximum absolute atomic E-state index is 13.2. The first-order valence-corrected chi connectivity index (χ1v) is 10.7. The van der Waals surface area contributed by atoms with Crippen LogP contribution in [0.15, 0.2) is 46.5 Å². The topological polar surface area (TPSA) is 51.7 Å². The van der Waals surface area contributed by atoms with E-state index in [9.17, 15) is 4.79 Å². The van der Waals surface area contributed by atoms with E-state index in [1.807, 2.05) is 17.0 Å². The van der Waals surface area contributed by atoms with Crippen molar-refractivity contribution in [3.8, 4) is 0 Å². The molecule has 0 saturated carbocycles. The molecule has 0 aliphatic carbocycles. The van der Waals surface area contributed by atoms with E-state index in [2.05, 4.69) is 37.0 Å². The minimum Gasteiger partial charge on any atom is -0.350 e. The van der Waals surface area contributed by atoms with Gasteiger partial charge in [-0.05, 0) is 62.1 Å². The largest absolute Gasteiger partial charge is 0.350 e. The number of hydrogen-bond donors (Lipinski definition) is 0. The molecule has 2 aromatic rings. The first kappa shape index (κ1) is 19.4. The van der Waals surface area contributed by atoms with Gasteiger partial charge in [0.15, 0.2) is 6.29 Å². The van der Waals surface area contributed by atoms with E-state index >= 15 is 0 Å². The molecular weight excluding hydrogens is 372 g/mol. The van der Waals surface area contributed by atoms with Gasteiger partial charge in [-0.3, -0.25) is 4.79 Å². The van der Waals surface area contributed by atoms with Gasteiger partial charge in [-0.1, -0.05) is 17.8 Å². The Morgan fingerprint density at radius 3 is 2.57 bits per heavy atom. The van der Waals surface area contributed by atoms with Gasteiger partial charge in [-0.25, -0.2) is 4.98 Å². The molecule has 0 radical (unpaired) electrons. The maximum atomic E-state index is 13.2. The van der Waals surface area contributed by atoms with Gasteiger partial charge in [-0.2, -0.15) is 0 Å². The molecule has 2 aliphatic rings. The second-order valence-corrected chi connectivity index (χ2v) is 8.51. The summed E-state index contributed by atoms with van der Waals surface area (Å²) in [6.07, 6.45) is 3.49. The first-order chi connectivity index (χ1) is 13.6. The molecular formula is C22H26N2O3S. The third-order valence-corrected chi connectivity index (χ3v) is 6.56. The lowest BCUT2D eigenvalue weighted by atomic mass is 9.96. The highest BCUT2D eigenvalue weighted by atomic mass is 32.2. The van der Waals surface area contributed by atoms with Crippen LogP contribution < -0.4 is 0 Å². The van der Waals surface area contributed by atoms with Gasteiger partial charge in [0.05, 0.1) is 18.8 Å². The molecule has 1 aromatic carbocycles. The van der Waals surface area contributed by atoms with Gasteiger partial charge in [0.1, 0.15) is 5.03 Å². The summed E-state index contributed by atoms with van der Waals surface area (Å²) in [5, 5.41) is 0.764. The molecule has 0 N–H and O–H groups in total. The summed E-state index contributed by atoms with van der Waals surface area (Å²) in [6.45, 7) is 7.03. The maximum Gasteiger partial charge on any atom is 0.256 e. The summed E-state index contributed by atoms with van der Waals surface area (Å²) in [5.74, 6) is 0.441. The zero-order chi connectivity index (χ0) is 19.5. The van der Waals surface area contributed by atoms with Crippen LogP contribution in [0.2, 0.25) is 0 Å². The summed E-state index contributed by atoms with van der Waals surface area (Å²) in [4.78, 5) is 20.7. The van der Waals surface area contributed by atoms with Crippen molar-refractivity contribution in [3.63, 3.8) is 0 Å². The number of piperidine rings is 1. The number of nitrogens with zero attached hydrogens (tertiary/aromatic N) is 2. The van der Waals surface area contributed by atoms with Crippen LogP contribution in [-0.2, 0) is 9.47 Å². The van der Waals surface area contributed by atoms with Crippen LogP contribution in [-0.4, -0.2) is 48.4 Å². The lowest BCUT2D eigenvalue weighted by Gasteiger charge is -2.34. The standard InChI is InChI=1S/C22H26N2O3S/c1-15-5-6-18(14-16(15)2)28-20-19(4-3-9-23-20)21(25)24-10-7-17(8-11-24)22-26-12-13-27-22/h3-6,9,14,17,22H,7-8,10-13H2,1-2H3. The minimum absolute atomic E-state index is 0.0612. The number of hydrogen-bond acceptors (Lipinski definition) is 5. The third-order valence-electron chi connectivity index (χ3n) is 5.55. The average Bonchev–Trinajstić information content (AvgIpc) is 3.26. The lowest BCUT2D eigenvalue weighted by molar-refractivity contribution is -0.0956. The molecule has 6 heteroatoms. The van der Waals surface area contributed by atoms with Crippen molar-refractivity contribution in [1.29, 1.82) is 0 Å². The fraction of sp³-hybridized carbons (Fsp3) is 0.455. The molecule has 4 rings (SSSR count). The van der Waals surface area contributed by atoms with E-state index in [0.29, 0.717) is 24.7 Å². The zero-order valence-electron chi connectivity index (χ0n) is 16.4.